The van der Waals surface area contributed by atoms with Crippen LogP contribution in [-0.2, 0) is 6.54 Å². The summed E-state index contributed by atoms with van der Waals surface area (Å²) < 4.78 is 19.2. The first kappa shape index (κ1) is 16.6. The molecule has 1 heterocycles. The molecule has 0 fully saturated rings. The smallest absolute Gasteiger partial charge is 0.249 e. The van der Waals surface area contributed by atoms with E-state index in [1.165, 1.54) is 12.3 Å². The Morgan fingerprint density at radius 1 is 1.08 bits per heavy atom. The summed E-state index contributed by atoms with van der Waals surface area (Å²) in [6.07, 6.45) is 1.49. The minimum absolute atomic E-state index is 0.263. The zero-order valence-electron chi connectivity index (χ0n) is 13.7. The van der Waals surface area contributed by atoms with Crippen molar-refractivity contribution >= 4 is 17.5 Å². The van der Waals surface area contributed by atoms with Gasteiger partial charge in [-0.05, 0) is 25.1 Å². The van der Waals surface area contributed by atoms with Crippen LogP contribution in [0, 0.1) is 5.82 Å². The van der Waals surface area contributed by atoms with Gasteiger partial charge in [0.1, 0.15) is 11.6 Å². The molecule has 2 N–H and O–H groups in total. The molecule has 0 radical (unpaired) electrons. The summed E-state index contributed by atoms with van der Waals surface area (Å²) in [6.45, 7) is 2.78. The van der Waals surface area contributed by atoms with E-state index < -0.39 is 0 Å². The lowest BCUT2D eigenvalue weighted by molar-refractivity contribution is 0.342. The van der Waals surface area contributed by atoms with Gasteiger partial charge in [-0.15, -0.1) is 5.10 Å². The normalized spacial score (nSPS) is 10.3. The summed E-state index contributed by atoms with van der Waals surface area (Å²) in [6, 6.07) is 14.1. The van der Waals surface area contributed by atoms with Crippen molar-refractivity contribution in [3.63, 3.8) is 0 Å². The Bertz CT molecular complexity index is 843. The third-order valence-electron chi connectivity index (χ3n) is 3.41. The molecule has 0 unspecified atom stereocenters. The van der Waals surface area contributed by atoms with E-state index >= 15 is 0 Å². The van der Waals surface area contributed by atoms with Crippen molar-refractivity contribution in [2.24, 2.45) is 0 Å². The van der Waals surface area contributed by atoms with Crippen molar-refractivity contribution in [3.8, 4) is 5.75 Å². The summed E-state index contributed by atoms with van der Waals surface area (Å²) in [7, 11) is 0. The number of aromatic nitrogens is 3. The van der Waals surface area contributed by atoms with Gasteiger partial charge in [0, 0.05) is 12.1 Å². The lowest BCUT2D eigenvalue weighted by Gasteiger charge is -2.11. The maximum Gasteiger partial charge on any atom is 0.249 e. The van der Waals surface area contributed by atoms with E-state index in [4.69, 9.17) is 4.74 Å². The van der Waals surface area contributed by atoms with E-state index in [-0.39, 0.29) is 5.82 Å². The second-order valence-electron chi connectivity index (χ2n) is 5.16. The maximum atomic E-state index is 13.7. The molecule has 6 nitrogen and oxygen atoms in total. The molecule has 0 aliphatic carbocycles. The highest BCUT2D eigenvalue weighted by Gasteiger charge is 2.07. The van der Waals surface area contributed by atoms with Crippen LogP contribution in [0.25, 0.3) is 0 Å². The number of ether oxygens (including phenoxy) is 1. The highest BCUT2D eigenvalue weighted by molar-refractivity contribution is 5.62. The number of hydrogen-bond acceptors (Lipinski definition) is 6. The van der Waals surface area contributed by atoms with Crippen LogP contribution in [0.1, 0.15) is 12.5 Å². The van der Waals surface area contributed by atoms with Gasteiger partial charge < -0.3 is 15.4 Å². The van der Waals surface area contributed by atoms with Crippen LogP contribution in [0.5, 0.6) is 5.75 Å². The van der Waals surface area contributed by atoms with E-state index in [9.17, 15) is 4.39 Å². The predicted octanol–water partition coefficient (Wildman–Crippen LogP) is 3.77. The molecule has 3 aromatic rings. The minimum Gasteiger partial charge on any atom is -0.492 e. The van der Waals surface area contributed by atoms with Gasteiger partial charge in [-0.25, -0.2) is 4.39 Å². The maximum absolute atomic E-state index is 13.7. The van der Waals surface area contributed by atoms with Gasteiger partial charge in [-0.2, -0.15) is 10.1 Å². The van der Waals surface area contributed by atoms with Crippen molar-refractivity contribution in [2.75, 3.05) is 17.2 Å². The Balaban J connectivity index is 1.71. The third kappa shape index (κ3) is 4.41. The lowest BCUT2D eigenvalue weighted by Crippen LogP contribution is -2.07. The molecule has 0 spiro atoms. The van der Waals surface area contributed by atoms with Crippen molar-refractivity contribution in [1.82, 2.24) is 15.2 Å². The minimum atomic E-state index is -0.263. The van der Waals surface area contributed by atoms with E-state index in [1.807, 2.05) is 31.2 Å². The first-order valence-electron chi connectivity index (χ1n) is 7.92. The van der Waals surface area contributed by atoms with Crippen LogP contribution >= 0.6 is 0 Å². The monoisotopic (exact) mass is 339 g/mol. The fraction of sp³-hybridized carbons (Fsp3) is 0.167. The van der Waals surface area contributed by atoms with Crippen LogP contribution in [-0.4, -0.2) is 21.8 Å². The first-order chi connectivity index (χ1) is 12.3. The van der Waals surface area contributed by atoms with Gasteiger partial charge in [0.15, 0.2) is 5.82 Å². The molecule has 0 bridgehead atoms. The Labute approximate surface area is 145 Å². The van der Waals surface area contributed by atoms with Gasteiger partial charge in [-0.3, -0.25) is 0 Å². The molecule has 128 valence electrons. The van der Waals surface area contributed by atoms with E-state index in [0.29, 0.717) is 36.2 Å². The molecule has 0 saturated carbocycles. The summed E-state index contributed by atoms with van der Waals surface area (Å²) in [5.41, 5.74) is 1.30. The molecule has 0 atom stereocenters. The molecule has 7 heteroatoms. The average Bonchev–Trinajstić information content (AvgIpc) is 2.63. The third-order valence-corrected chi connectivity index (χ3v) is 3.41. The van der Waals surface area contributed by atoms with Gasteiger partial charge in [0.05, 0.1) is 18.5 Å². The van der Waals surface area contributed by atoms with E-state index in [1.54, 1.807) is 18.2 Å². The van der Waals surface area contributed by atoms with Gasteiger partial charge in [-0.1, -0.05) is 30.3 Å². The number of hydrogen-bond donors (Lipinski definition) is 2. The predicted molar refractivity (Wildman–Crippen MR) is 94.4 cm³/mol. The lowest BCUT2D eigenvalue weighted by atomic mass is 10.2. The fourth-order valence-corrected chi connectivity index (χ4v) is 2.24. The summed E-state index contributed by atoms with van der Waals surface area (Å²) >= 11 is 0. The average molecular weight is 339 g/mol. The second-order valence-corrected chi connectivity index (χ2v) is 5.16. The topological polar surface area (TPSA) is 72.0 Å². The quantitative estimate of drug-likeness (QED) is 0.683. The van der Waals surface area contributed by atoms with Crippen LogP contribution in [0.2, 0.25) is 0 Å². The SMILES string of the molecule is CCOc1ccccc1Nc1nncc(NCc2ccccc2F)n1. The number of halogens is 1. The molecule has 0 amide bonds. The van der Waals surface area contributed by atoms with Crippen LogP contribution in [0.4, 0.5) is 21.8 Å². The zero-order chi connectivity index (χ0) is 17.5. The number of para-hydroxylation sites is 2. The van der Waals surface area contributed by atoms with Gasteiger partial charge in [0.25, 0.3) is 0 Å². The van der Waals surface area contributed by atoms with E-state index in [2.05, 4.69) is 25.8 Å². The summed E-state index contributed by atoms with van der Waals surface area (Å²) in [4.78, 5) is 4.34. The molecule has 3 rings (SSSR count). The highest BCUT2D eigenvalue weighted by atomic mass is 19.1. The first-order valence-corrected chi connectivity index (χ1v) is 7.92. The van der Waals surface area contributed by atoms with Gasteiger partial charge in [0.2, 0.25) is 5.95 Å². The largest absolute Gasteiger partial charge is 0.492 e. The van der Waals surface area contributed by atoms with Crippen LogP contribution < -0.4 is 15.4 Å². The van der Waals surface area contributed by atoms with Crippen molar-refractivity contribution < 1.29 is 9.13 Å². The van der Waals surface area contributed by atoms with Crippen molar-refractivity contribution in [1.29, 1.82) is 0 Å². The standard InChI is InChI=1S/C18H18FN5O/c1-2-25-16-10-6-5-9-15(16)22-18-23-17(12-21-24-18)20-11-13-7-3-4-8-14(13)19/h3-10,12H,2,11H2,1H3,(H2,20,22,23,24). The molecular weight excluding hydrogens is 321 g/mol. The summed E-state index contributed by atoms with van der Waals surface area (Å²) in [5, 5.41) is 14.0. The van der Waals surface area contributed by atoms with Crippen molar-refractivity contribution in [2.45, 2.75) is 13.5 Å². The molecule has 0 saturated heterocycles. The van der Waals surface area contributed by atoms with Gasteiger partial charge >= 0.3 is 0 Å². The fourth-order valence-electron chi connectivity index (χ4n) is 2.24. The van der Waals surface area contributed by atoms with Crippen LogP contribution in [0.15, 0.2) is 54.7 Å². The Morgan fingerprint density at radius 2 is 1.88 bits per heavy atom. The molecule has 1 aromatic heterocycles. The van der Waals surface area contributed by atoms with Crippen molar-refractivity contribution in [3.05, 3.63) is 66.1 Å². The molecule has 0 aliphatic rings. The highest BCUT2D eigenvalue weighted by Crippen LogP contribution is 2.26. The molecule has 25 heavy (non-hydrogen) atoms. The number of nitrogens with one attached hydrogen (secondary N) is 2. The molecule has 0 aliphatic heterocycles. The molecular formula is C18H18FN5O. The van der Waals surface area contributed by atoms with E-state index in [0.717, 1.165) is 5.69 Å². The zero-order valence-corrected chi connectivity index (χ0v) is 13.7. The number of nitrogens with zero attached hydrogens (tertiary/aromatic N) is 3. The second kappa shape index (κ2) is 8.05. The molecule has 2 aromatic carbocycles. The Morgan fingerprint density at radius 3 is 2.72 bits per heavy atom. The van der Waals surface area contributed by atoms with Crippen LogP contribution in [0.3, 0.4) is 0 Å². The number of rotatable bonds is 7. The number of benzene rings is 2. The Kier molecular flexibility index (Phi) is 5.36. The number of anilines is 3. The Hall–Kier alpha value is -3.22. The summed E-state index contributed by atoms with van der Waals surface area (Å²) in [5.74, 6) is 1.26.